The summed E-state index contributed by atoms with van der Waals surface area (Å²) in [5, 5.41) is 3.93. The van der Waals surface area contributed by atoms with Gasteiger partial charge in [0.15, 0.2) is 0 Å². The van der Waals surface area contributed by atoms with Gasteiger partial charge in [0.25, 0.3) is 5.91 Å². The molecular formula is C15H18FN3O. The number of hydrogen-bond acceptors (Lipinski definition) is 2. The molecule has 0 atom stereocenters. The van der Waals surface area contributed by atoms with Crippen LogP contribution in [0.15, 0.2) is 18.2 Å². The Morgan fingerprint density at radius 2 is 2.00 bits per heavy atom. The van der Waals surface area contributed by atoms with E-state index in [1.54, 1.807) is 6.07 Å². The molecule has 0 bridgehead atoms. The van der Waals surface area contributed by atoms with E-state index < -0.39 is 0 Å². The van der Waals surface area contributed by atoms with Crippen LogP contribution in [0, 0.1) is 12.7 Å². The number of benzene rings is 1. The van der Waals surface area contributed by atoms with Gasteiger partial charge in [-0.1, -0.05) is 0 Å². The van der Waals surface area contributed by atoms with E-state index in [4.69, 9.17) is 0 Å². The molecule has 1 aromatic heterocycles. The van der Waals surface area contributed by atoms with Crippen LogP contribution in [-0.4, -0.2) is 41.6 Å². The van der Waals surface area contributed by atoms with Crippen molar-refractivity contribution in [3.63, 3.8) is 0 Å². The average molecular weight is 275 g/mol. The molecule has 20 heavy (non-hydrogen) atoms. The molecule has 1 N–H and O–H groups in total. The minimum absolute atomic E-state index is 0.000185. The third-order valence-electron chi connectivity index (χ3n) is 4.07. The zero-order valence-corrected chi connectivity index (χ0v) is 11.7. The van der Waals surface area contributed by atoms with Crippen molar-refractivity contribution in [2.45, 2.75) is 6.92 Å². The van der Waals surface area contributed by atoms with Crippen molar-refractivity contribution < 1.29 is 9.18 Å². The summed E-state index contributed by atoms with van der Waals surface area (Å²) in [6, 6.07) is 4.62. The molecule has 0 saturated carbocycles. The summed E-state index contributed by atoms with van der Waals surface area (Å²) >= 11 is 0. The number of rotatable bonds is 1. The fourth-order valence-corrected chi connectivity index (χ4v) is 2.84. The van der Waals surface area contributed by atoms with E-state index in [0.29, 0.717) is 24.0 Å². The number of fused-ring (bicyclic) bond motifs is 1. The van der Waals surface area contributed by atoms with Crippen LogP contribution in [0.25, 0.3) is 10.9 Å². The van der Waals surface area contributed by atoms with Crippen LogP contribution in [0.4, 0.5) is 4.39 Å². The van der Waals surface area contributed by atoms with Crippen LogP contribution >= 0.6 is 0 Å². The van der Waals surface area contributed by atoms with Crippen molar-refractivity contribution in [2.24, 2.45) is 7.05 Å². The van der Waals surface area contributed by atoms with E-state index in [-0.39, 0.29) is 11.7 Å². The Balaban J connectivity index is 2.12. The van der Waals surface area contributed by atoms with Crippen LogP contribution < -0.4 is 5.32 Å². The highest BCUT2D eigenvalue weighted by Gasteiger charge is 2.24. The second kappa shape index (κ2) is 4.90. The van der Waals surface area contributed by atoms with E-state index in [9.17, 15) is 9.18 Å². The van der Waals surface area contributed by atoms with E-state index in [1.165, 1.54) is 12.1 Å². The zero-order valence-electron chi connectivity index (χ0n) is 11.7. The van der Waals surface area contributed by atoms with Crippen molar-refractivity contribution in [1.82, 2.24) is 14.8 Å². The summed E-state index contributed by atoms with van der Waals surface area (Å²) in [7, 11) is 1.91. The second-order valence-corrected chi connectivity index (χ2v) is 5.22. The maximum atomic E-state index is 13.5. The number of carbonyl (C=O) groups excluding carboxylic acids is 1. The molecule has 5 heteroatoms. The average Bonchev–Trinajstić information content (AvgIpc) is 2.71. The smallest absolute Gasteiger partial charge is 0.256 e. The molecule has 1 fully saturated rings. The van der Waals surface area contributed by atoms with Gasteiger partial charge >= 0.3 is 0 Å². The van der Waals surface area contributed by atoms with Gasteiger partial charge in [-0.3, -0.25) is 4.79 Å². The monoisotopic (exact) mass is 275 g/mol. The number of halogens is 1. The SMILES string of the molecule is Cc1c(C(=O)N2CCNCC2)c2cc(F)ccc2n1C. The first-order valence-electron chi connectivity index (χ1n) is 6.84. The van der Waals surface area contributed by atoms with Gasteiger partial charge in [0, 0.05) is 49.8 Å². The lowest BCUT2D eigenvalue weighted by molar-refractivity contribution is 0.0737. The number of aryl methyl sites for hydroxylation is 1. The Labute approximate surface area is 117 Å². The Morgan fingerprint density at radius 1 is 1.30 bits per heavy atom. The molecule has 106 valence electrons. The molecule has 1 aliphatic heterocycles. The Bertz CT molecular complexity index is 671. The topological polar surface area (TPSA) is 37.3 Å². The van der Waals surface area contributed by atoms with Crippen LogP contribution in [0.1, 0.15) is 16.1 Å². The Morgan fingerprint density at radius 3 is 2.70 bits per heavy atom. The highest BCUT2D eigenvalue weighted by molar-refractivity contribution is 6.08. The van der Waals surface area contributed by atoms with Crippen LogP contribution in [0.5, 0.6) is 0 Å². The number of carbonyl (C=O) groups is 1. The van der Waals surface area contributed by atoms with Crippen LogP contribution in [0.2, 0.25) is 0 Å². The molecule has 4 nitrogen and oxygen atoms in total. The van der Waals surface area contributed by atoms with E-state index in [2.05, 4.69) is 5.32 Å². The van der Waals surface area contributed by atoms with Gasteiger partial charge in [-0.15, -0.1) is 0 Å². The number of piperazine rings is 1. The molecule has 1 aliphatic rings. The van der Waals surface area contributed by atoms with E-state index >= 15 is 0 Å². The standard InChI is InChI=1S/C15H18FN3O/c1-10-14(15(20)19-7-5-17-6-8-19)12-9-11(16)3-4-13(12)18(10)2/h3-4,9,17H,5-8H2,1-2H3. The van der Waals surface area contributed by atoms with Gasteiger partial charge in [0.05, 0.1) is 5.56 Å². The molecule has 0 radical (unpaired) electrons. The second-order valence-electron chi connectivity index (χ2n) is 5.22. The summed E-state index contributed by atoms with van der Waals surface area (Å²) in [5.41, 5.74) is 2.40. The van der Waals surface area contributed by atoms with E-state index in [0.717, 1.165) is 24.3 Å². The van der Waals surface area contributed by atoms with Gasteiger partial charge in [0.2, 0.25) is 0 Å². The van der Waals surface area contributed by atoms with Gasteiger partial charge in [-0.2, -0.15) is 0 Å². The minimum atomic E-state index is -0.308. The molecule has 0 unspecified atom stereocenters. The first-order chi connectivity index (χ1) is 9.59. The zero-order chi connectivity index (χ0) is 14.3. The number of aromatic nitrogens is 1. The summed E-state index contributed by atoms with van der Waals surface area (Å²) in [6.45, 7) is 4.93. The lowest BCUT2D eigenvalue weighted by Crippen LogP contribution is -2.46. The summed E-state index contributed by atoms with van der Waals surface area (Å²) in [5.74, 6) is -0.308. The van der Waals surface area contributed by atoms with Gasteiger partial charge in [-0.05, 0) is 25.1 Å². The van der Waals surface area contributed by atoms with Crippen molar-refractivity contribution in [3.05, 3.63) is 35.3 Å². The highest BCUT2D eigenvalue weighted by Crippen LogP contribution is 2.27. The predicted molar refractivity (Wildman–Crippen MR) is 76.4 cm³/mol. The molecule has 2 aromatic rings. The van der Waals surface area contributed by atoms with Crippen molar-refractivity contribution in [2.75, 3.05) is 26.2 Å². The quantitative estimate of drug-likeness (QED) is 0.859. The fourth-order valence-electron chi connectivity index (χ4n) is 2.84. The van der Waals surface area contributed by atoms with Crippen molar-refractivity contribution in [3.8, 4) is 0 Å². The number of hydrogen-bond donors (Lipinski definition) is 1. The first-order valence-corrected chi connectivity index (χ1v) is 6.84. The van der Waals surface area contributed by atoms with Crippen LogP contribution in [0.3, 0.4) is 0 Å². The molecule has 2 heterocycles. The van der Waals surface area contributed by atoms with Crippen molar-refractivity contribution in [1.29, 1.82) is 0 Å². The van der Waals surface area contributed by atoms with Gasteiger partial charge in [-0.25, -0.2) is 4.39 Å². The largest absolute Gasteiger partial charge is 0.347 e. The maximum Gasteiger partial charge on any atom is 0.256 e. The molecule has 0 spiro atoms. The predicted octanol–water partition coefficient (Wildman–Crippen LogP) is 1.67. The number of nitrogens with zero attached hydrogens (tertiary/aromatic N) is 2. The van der Waals surface area contributed by atoms with Crippen LogP contribution in [-0.2, 0) is 7.05 Å². The summed E-state index contributed by atoms with van der Waals surface area (Å²) in [6.07, 6.45) is 0. The minimum Gasteiger partial charge on any atom is -0.347 e. The number of nitrogens with one attached hydrogen (secondary N) is 1. The Kier molecular flexibility index (Phi) is 3.22. The number of amides is 1. The lowest BCUT2D eigenvalue weighted by Gasteiger charge is -2.27. The normalized spacial score (nSPS) is 15.8. The third kappa shape index (κ3) is 1.98. The summed E-state index contributed by atoms with van der Waals surface area (Å²) in [4.78, 5) is 14.6. The first kappa shape index (κ1) is 13.1. The highest BCUT2D eigenvalue weighted by atomic mass is 19.1. The van der Waals surface area contributed by atoms with Gasteiger partial charge < -0.3 is 14.8 Å². The Hall–Kier alpha value is -1.88. The maximum absolute atomic E-state index is 13.5. The molecule has 1 aromatic carbocycles. The summed E-state index contributed by atoms with van der Waals surface area (Å²) < 4.78 is 15.5. The van der Waals surface area contributed by atoms with Crippen molar-refractivity contribution >= 4 is 16.8 Å². The van der Waals surface area contributed by atoms with E-state index in [1.807, 2.05) is 23.4 Å². The van der Waals surface area contributed by atoms with Gasteiger partial charge in [0.1, 0.15) is 5.82 Å². The fraction of sp³-hybridized carbons (Fsp3) is 0.400. The molecule has 1 saturated heterocycles. The lowest BCUT2D eigenvalue weighted by atomic mass is 10.1. The molecule has 0 aliphatic carbocycles. The molecular weight excluding hydrogens is 257 g/mol. The third-order valence-corrected chi connectivity index (χ3v) is 4.07. The molecule has 3 rings (SSSR count). The molecule has 1 amide bonds.